The van der Waals surface area contributed by atoms with E-state index in [0.717, 1.165) is 22.2 Å². The van der Waals surface area contributed by atoms with Gasteiger partial charge in [0.1, 0.15) is 22.7 Å². The molecular formula is C18H15Cl2N3O2. The van der Waals surface area contributed by atoms with Gasteiger partial charge in [-0.05, 0) is 37.3 Å². The van der Waals surface area contributed by atoms with Crippen molar-refractivity contribution in [3.63, 3.8) is 0 Å². The second kappa shape index (κ2) is 6.78. The molecule has 0 atom stereocenters. The van der Waals surface area contributed by atoms with Crippen LogP contribution in [0, 0.1) is 6.92 Å². The molecule has 0 fully saturated rings. The van der Waals surface area contributed by atoms with Gasteiger partial charge in [-0.15, -0.1) is 12.4 Å². The molecule has 0 saturated heterocycles. The van der Waals surface area contributed by atoms with E-state index in [-0.39, 0.29) is 12.4 Å². The highest BCUT2D eigenvalue weighted by Gasteiger charge is 2.15. The molecule has 7 heteroatoms. The average Bonchev–Trinajstić information content (AvgIpc) is 2.94. The van der Waals surface area contributed by atoms with Gasteiger partial charge in [0.05, 0.1) is 12.1 Å². The number of aryl methyl sites for hydroxylation is 1. The van der Waals surface area contributed by atoms with E-state index in [1.165, 1.54) is 0 Å². The molecule has 0 aliphatic carbocycles. The number of rotatable bonds is 3. The van der Waals surface area contributed by atoms with E-state index < -0.39 is 0 Å². The van der Waals surface area contributed by atoms with E-state index >= 15 is 0 Å². The molecule has 4 rings (SSSR count). The third-order valence-corrected chi connectivity index (χ3v) is 4.04. The topological polar surface area (TPSA) is 60.2 Å². The van der Waals surface area contributed by atoms with Crippen molar-refractivity contribution in [2.75, 3.05) is 12.4 Å². The van der Waals surface area contributed by atoms with Gasteiger partial charge in [-0.1, -0.05) is 23.7 Å². The number of fused-ring (bicyclic) bond motifs is 3. The van der Waals surface area contributed by atoms with Crippen LogP contribution >= 0.6 is 24.0 Å². The molecule has 0 aliphatic heterocycles. The van der Waals surface area contributed by atoms with Crippen molar-refractivity contribution in [1.82, 2.24) is 9.97 Å². The van der Waals surface area contributed by atoms with Crippen LogP contribution in [0.3, 0.4) is 0 Å². The van der Waals surface area contributed by atoms with Gasteiger partial charge in [-0.2, -0.15) is 0 Å². The van der Waals surface area contributed by atoms with Crippen LogP contribution in [0.2, 0.25) is 5.02 Å². The SMILES string of the molecule is COc1ccc(Nc2nc(C)nc3c2oc2ccccc23)cc1Cl.Cl. The maximum Gasteiger partial charge on any atom is 0.196 e. The minimum Gasteiger partial charge on any atom is -0.495 e. The van der Waals surface area contributed by atoms with Gasteiger partial charge in [0.2, 0.25) is 0 Å². The molecule has 0 saturated carbocycles. The quantitative estimate of drug-likeness (QED) is 0.511. The maximum absolute atomic E-state index is 6.19. The number of methoxy groups -OCH3 is 1. The van der Waals surface area contributed by atoms with Gasteiger partial charge in [-0.25, -0.2) is 9.97 Å². The van der Waals surface area contributed by atoms with Crippen LogP contribution in [0.1, 0.15) is 5.82 Å². The normalized spacial score (nSPS) is 10.7. The van der Waals surface area contributed by atoms with Crippen molar-refractivity contribution in [2.45, 2.75) is 6.92 Å². The lowest BCUT2D eigenvalue weighted by Crippen LogP contribution is -1.98. The number of hydrogen-bond donors (Lipinski definition) is 1. The zero-order chi connectivity index (χ0) is 16.7. The predicted octanol–water partition coefficient (Wildman–Crippen LogP) is 5.51. The average molecular weight is 376 g/mol. The molecule has 4 aromatic rings. The van der Waals surface area contributed by atoms with Crippen molar-refractivity contribution in [2.24, 2.45) is 0 Å². The van der Waals surface area contributed by atoms with Crippen molar-refractivity contribution in [3.05, 3.63) is 53.3 Å². The van der Waals surface area contributed by atoms with Crippen LogP contribution in [0.25, 0.3) is 22.1 Å². The number of hydrogen-bond acceptors (Lipinski definition) is 5. The molecule has 128 valence electrons. The second-order valence-corrected chi connectivity index (χ2v) is 5.78. The van der Waals surface area contributed by atoms with Crippen LogP contribution in [-0.2, 0) is 0 Å². The van der Waals surface area contributed by atoms with Gasteiger partial charge in [-0.3, -0.25) is 0 Å². The Balaban J connectivity index is 0.00000182. The monoisotopic (exact) mass is 375 g/mol. The first-order valence-corrected chi connectivity index (χ1v) is 7.80. The lowest BCUT2D eigenvalue weighted by molar-refractivity contribution is 0.415. The lowest BCUT2D eigenvalue weighted by Gasteiger charge is -2.09. The highest BCUT2D eigenvalue weighted by Crippen LogP contribution is 2.34. The Kier molecular flexibility index (Phi) is 4.70. The van der Waals surface area contributed by atoms with Gasteiger partial charge in [0.15, 0.2) is 11.4 Å². The Hall–Kier alpha value is -2.50. The number of halogens is 2. The van der Waals surface area contributed by atoms with Gasteiger partial charge < -0.3 is 14.5 Å². The third kappa shape index (κ3) is 3.08. The summed E-state index contributed by atoms with van der Waals surface area (Å²) in [5.74, 6) is 1.89. The van der Waals surface area contributed by atoms with E-state index in [1.54, 1.807) is 19.2 Å². The standard InChI is InChI=1S/C18H14ClN3O2.ClH/c1-10-20-16-12-5-3-4-6-14(12)24-17(16)18(21-10)22-11-7-8-15(23-2)13(19)9-11;/h3-9H,1-2H3,(H,20,21,22);1H. The van der Waals surface area contributed by atoms with Crippen molar-refractivity contribution >= 4 is 57.6 Å². The summed E-state index contributed by atoms with van der Waals surface area (Å²) in [6.45, 7) is 1.85. The highest BCUT2D eigenvalue weighted by molar-refractivity contribution is 6.32. The number of ether oxygens (including phenoxy) is 1. The van der Waals surface area contributed by atoms with Crippen LogP contribution in [0.4, 0.5) is 11.5 Å². The summed E-state index contributed by atoms with van der Waals surface area (Å²) in [6.07, 6.45) is 0. The van der Waals surface area contributed by atoms with Crippen molar-refractivity contribution < 1.29 is 9.15 Å². The first-order valence-electron chi connectivity index (χ1n) is 7.42. The Morgan fingerprint density at radius 1 is 1.12 bits per heavy atom. The predicted molar refractivity (Wildman–Crippen MR) is 103 cm³/mol. The molecule has 0 radical (unpaired) electrons. The number of nitrogens with one attached hydrogen (secondary N) is 1. The van der Waals surface area contributed by atoms with E-state index in [1.807, 2.05) is 37.3 Å². The molecule has 25 heavy (non-hydrogen) atoms. The Labute approximate surface area is 155 Å². The largest absolute Gasteiger partial charge is 0.495 e. The molecule has 2 aromatic heterocycles. The molecule has 0 spiro atoms. The molecule has 0 unspecified atom stereocenters. The van der Waals surface area contributed by atoms with Crippen LogP contribution in [0.5, 0.6) is 5.75 Å². The van der Waals surface area contributed by atoms with E-state index in [0.29, 0.717) is 28.0 Å². The fraction of sp³-hybridized carbons (Fsp3) is 0.111. The van der Waals surface area contributed by atoms with Crippen LogP contribution in [-0.4, -0.2) is 17.1 Å². The van der Waals surface area contributed by atoms with Crippen molar-refractivity contribution in [3.8, 4) is 5.75 Å². The van der Waals surface area contributed by atoms with Gasteiger partial charge >= 0.3 is 0 Å². The molecule has 2 heterocycles. The number of nitrogens with zero attached hydrogens (tertiary/aromatic N) is 2. The molecule has 0 bridgehead atoms. The molecule has 2 aromatic carbocycles. The minimum absolute atomic E-state index is 0. The zero-order valence-corrected chi connectivity index (χ0v) is 15.1. The maximum atomic E-state index is 6.19. The van der Waals surface area contributed by atoms with Crippen LogP contribution in [0.15, 0.2) is 46.9 Å². The first-order chi connectivity index (χ1) is 11.7. The number of furan rings is 1. The minimum atomic E-state index is 0. The second-order valence-electron chi connectivity index (χ2n) is 5.37. The smallest absolute Gasteiger partial charge is 0.196 e. The van der Waals surface area contributed by atoms with Crippen LogP contribution < -0.4 is 10.1 Å². The Morgan fingerprint density at radius 2 is 1.92 bits per heavy atom. The summed E-state index contributed by atoms with van der Waals surface area (Å²) >= 11 is 6.19. The molecule has 5 nitrogen and oxygen atoms in total. The summed E-state index contributed by atoms with van der Waals surface area (Å²) in [4.78, 5) is 8.99. The summed E-state index contributed by atoms with van der Waals surface area (Å²) < 4.78 is 11.1. The number of anilines is 2. The Bertz CT molecular complexity index is 1060. The molecule has 0 amide bonds. The van der Waals surface area contributed by atoms with Crippen molar-refractivity contribution in [1.29, 1.82) is 0 Å². The van der Waals surface area contributed by atoms with Gasteiger partial charge in [0, 0.05) is 11.1 Å². The first kappa shape index (κ1) is 17.3. The summed E-state index contributed by atoms with van der Waals surface area (Å²) in [5.41, 5.74) is 2.98. The molecule has 0 aliphatic rings. The lowest BCUT2D eigenvalue weighted by atomic mass is 10.2. The Morgan fingerprint density at radius 3 is 2.68 bits per heavy atom. The summed E-state index contributed by atoms with van der Waals surface area (Å²) in [7, 11) is 1.58. The molecular weight excluding hydrogens is 361 g/mol. The number of aromatic nitrogens is 2. The fourth-order valence-electron chi connectivity index (χ4n) is 2.67. The summed E-state index contributed by atoms with van der Waals surface area (Å²) in [6, 6.07) is 13.3. The van der Waals surface area contributed by atoms with Gasteiger partial charge in [0.25, 0.3) is 0 Å². The van der Waals surface area contributed by atoms with E-state index in [2.05, 4.69) is 15.3 Å². The zero-order valence-electron chi connectivity index (χ0n) is 13.5. The number of para-hydroxylation sites is 1. The highest BCUT2D eigenvalue weighted by atomic mass is 35.5. The van der Waals surface area contributed by atoms with E-state index in [9.17, 15) is 0 Å². The molecule has 1 N–H and O–H groups in total. The fourth-order valence-corrected chi connectivity index (χ4v) is 2.93. The van der Waals surface area contributed by atoms with E-state index in [4.69, 9.17) is 20.8 Å². The summed E-state index contributed by atoms with van der Waals surface area (Å²) in [5, 5.41) is 4.74. The number of benzene rings is 2. The third-order valence-electron chi connectivity index (χ3n) is 3.75.